The van der Waals surface area contributed by atoms with Crippen LogP contribution in [0.5, 0.6) is 0 Å². The second-order valence-corrected chi connectivity index (χ2v) is 4.47. The molecule has 0 aromatic heterocycles. The summed E-state index contributed by atoms with van der Waals surface area (Å²) >= 11 is 1.84. The number of hydrogen-bond acceptors (Lipinski definition) is 3. The van der Waals surface area contributed by atoms with Gasteiger partial charge in [0.1, 0.15) is 0 Å². The molecule has 62 valence electrons. The van der Waals surface area contributed by atoms with Gasteiger partial charge in [-0.3, -0.25) is 4.99 Å². The van der Waals surface area contributed by atoms with Gasteiger partial charge in [-0.1, -0.05) is 6.92 Å². The van der Waals surface area contributed by atoms with Gasteiger partial charge in [0.15, 0.2) is 0 Å². The average Bonchev–Trinajstić information content (AvgIpc) is 2.59. The van der Waals surface area contributed by atoms with Gasteiger partial charge in [-0.15, -0.1) is 11.8 Å². The summed E-state index contributed by atoms with van der Waals surface area (Å²) in [7, 11) is 0. The van der Waals surface area contributed by atoms with Crippen LogP contribution in [-0.2, 0) is 0 Å². The molecule has 1 fully saturated rings. The molecule has 0 bridgehead atoms. The minimum Gasteiger partial charge on any atom is -0.394 e. The highest BCUT2D eigenvalue weighted by Crippen LogP contribution is 2.44. The second kappa shape index (κ2) is 2.79. The van der Waals surface area contributed by atoms with Crippen molar-refractivity contribution >= 4 is 16.8 Å². The molecule has 2 nitrogen and oxygen atoms in total. The highest BCUT2D eigenvalue weighted by atomic mass is 32.2. The van der Waals surface area contributed by atoms with E-state index in [0.29, 0.717) is 0 Å². The third-order valence-electron chi connectivity index (χ3n) is 2.37. The van der Waals surface area contributed by atoms with Gasteiger partial charge in [0, 0.05) is 11.7 Å². The fourth-order valence-electron chi connectivity index (χ4n) is 1.40. The minimum absolute atomic E-state index is 0.197. The third-order valence-corrected chi connectivity index (χ3v) is 3.63. The lowest BCUT2D eigenvalue weighted by molar-refractivity contribution is 0.277. The maximum atomic E-state index is 8.83. The van der Waals surface area contributed by atoms with Gasteiger partial charge >= 0.3 is 0 Å². The summed E-state index contributed by atoms with van der Waals surface area (Å²) in [5.41, 5.74) is 0. The number of aliphatic imine (C=N–C) groups is 1. The van der Waals surface area contributed by atoms with Crippen molar-refractivity contribution in [3.05, 3.63) is 0 Å². The molecule has 0 saturated heterocycles. The zero-order valence-electron chi connectivity index (χ0n) is 6.66. The highest BCUT2D eigenvalue weighted by Gasteiger charge is 2.39. The molecule has 0 aromatic rings. The van der Waals surface area contributed by atoms with Crippen molar-refractivity contribution in [3.8, 4) is 0 Å². The summed E-state index contributed by atoms with van der Waals surface area (Å²) in [4.78, 5) is 4.45. The molecule has 0 spiro atoms. The first-order chi connectivity index (χ1) is 5.31. The summed E-state index contributed by atoms with van der Waals surface area (Å²) in [6.07, 6.45) is 1.31. The molecular weight excluding hydrogens is 158 g/mol. The first-order valence-corrected chi connectivity index (χ1v) is 5.11. The molecule has 1 saturated carbocycles. The predicted molar refractivity (Wildman–Crippen MR) is 48.0 cm³/mol. The summed E-state index contributed by atoms with van der Waals surface area (Å²) in [5.74, 6) is 2.59. The molecule has 11 heavy (non-hydrogen) atoms. The predicted octanol–water partition coefficient (Wildman–Crippen LogP) is 1.15. The molecule has 1 aliphatic carbocycles. The van der Waals surface area contributed by atoms with E-state index in [0.717, 1.165) is 17.6 Å². The van der Waals surface area contributed by atoms with Crippen molar-refractivity contribution in [1.82, 2.24) is 0 Å². The molecule has 3 atom stereocenters. The molecule has 1 N–H and O–H groups in total. The Kier molecular flexibility index (Phi) is 1.93. The molecule has 0 aromatic carbocycles. The summed E-state index contributed by atoms with van der Waals surface area (Å²) in [6, 6.07) is 0.197. The fraction of sp³-hybridized carbons (Fsp3) is 0.875. The van der Waals surface area contributed by atoms with Crippen LogP contribution in [0.15, 0.2) is 4.99 Å². The van der Waals surface area contributed by atoms with Crippen LogP contribution >= 0.6 is 11.8 Å². The van der Waals surface area contributed by atoms with Crippen molar-refractivity contribution in [3.63, 3.8) is 0 Å². The molecule has 3 heteroatoms. The van der Waals surface area contributed by atoms with E-state index in [-0.39, 0.29) is 12.6 Å². The van der Waals surface area contributed by atoms with Gasteiger partial charge in [-0.05, 0) is 12.3 Å². The largest absolute Gasteiger partial charge is 0.394 e. The van der Waals surface area contributed by atoms with Crippen molar-refractivity contribution in [2.75, 3.05) is 12.4 Å². The van der Waals surface area contributed by atoms with E-state index in [2.05, 4.69) is 11.9 Å². The smallest absolute Gasteiger partial charge is 0.0833 e. The molecule has 3 unspecified atom stereocenters. The Hall–Kier alpha value is -0.0200. The van der Waals surface area contributed by atoms with E-state index >= 15 is 0 Å². The summed E-state index contributed by atoms with van der Waals surface area (Å²) < 4.78 is 0. The Morgan fingerprint density at radius 2 is 2.45 bits per heavy atom. The molecular formula is C8H13NOS. The van der Waals surface area contributed by atoms with Crippen molar-refractivity contribution < 1.29 is 5.11 Å². The molecule has 2 rings (SSSR count). The standard InChI is InChI=1S/C8H13NOS/c1-5-2-7(5)8-9-6(3-10)4-11-8/h5-7,10H,2-4H2,1H3. The topological polar surface area (TPSA) is 32.6 Å². The van der Waals surface area contributed by atoms with E-state index in [1.54, 1.807) is 0 Å². The zero-order chi connectivity index (χ0) is 7.84. The van der Waals surface area contributed by atoms with Crippen LogP contribution < -0.4 is 0 Å². The maximum absolute atomic E-state index is 8.83. The van der Waals surface area contributed by atoms with Gasteiger partial charge in [-0.2, -0.15) is 0 Å². The number of nitrogens with zero attached hydrogens (tertiary/aromatic N) is 1. The number of hydrogen-bond donors (Lipinski definition) is 1. The van der Waals surface area contributed by atoms with E-state index < -0.39 is 0 Å². The zero-order valence-corrected chi connectivity index (χ0v) is 7.47. The van der Waals surface area contributed by atoms with Crippen LogP contribution in [0.2, 0.25) is 0 Å². The lowest BCUT2D eigenvalue weighted by atomic mass is 10.3. The number of thioether (sulfide) groups is 1. The van der Waals surface area contributed by atoms with Crippen molar-refractivity contribution in [1.29, 1.82) is 0 Å². The Bertz CT molecular complexity index is 193. The average molecular weight is 171 g/mol. The minimum atomic E-state index is 0.197. The number of aliphatic hydroxyl groups is 1. The van der Waals surface area contributed by atoms with Gasteiger partial charge in [0.05, 0.1) is 17.7 Å². The highest BCUT2D eigenvalue weighted by molar-refractivity contribution is 8.14. The van der Waals surface area contributed by atoms with Crippen molar-refractivity contribution in [2.45, 2.75) is 19.4 Å². The van der Waals surface area contributed by atoms with Crippen LogP contribution in [-0.4, -0.2) is 28.6 Å². The summed E-state index contributed by atoms with van der Waals surface area (Å²) in [6.45, 7) is 2.48. The quantitative estimate of drug-likeness (QED) is 0.676. The monoisotopic (exact) mass is 171 g/mol. The first kappa shape index (κ1) is 7.62. The van der Waals surface area contributed by atoms with Gasteiger partial charge < -0.3 is 5.11 Å². The second-order valence-electron chi connectivity index (χ2n) is 3.43. The van der Waals surface area contributed by atoms with Crippen molar-refractivity contribution in [2.24, 2.45) is 16.8 Å². The first-order valence-electron chi connectivity index (χ1n) is 4.12. The Balaban J connectivity index is 1.95. The maximum Gasteiger partial charge on any atom is 0.0833 e. The lowest BCUT2D eigenvalue weighted by Gasteiger charge is -1.95. The SMILES string of the molecule is CC1CC1C1=NC(CO)CS1. The third kappa shape index (κ3) is 1.44. The Morgan fingerprint density at radius 3 is 2.91 bits per heavy atom. The Labute approximate surface area is 71.1 Å². The molecule has 1 heterocycles. The van der Waals surface area contributed by atoms with Gasteiger partial charge in [0.25, 0.3) is 0 Å². The Morgan fingerprint density at radius 1 is 1.73 bits per heavy atom. The molecule has 2 aliphatic rings. The molecule has 1 aliphatic heterocycles. The van der Waals surface area contributed by atoms with E-state index in [4.69, 9.17) is 5.11 Å². The van der Waals surface area contributed by atoms with Gasteiger partial charge in [-0.25, -0.2) is 0 Å². The fourth-order valence-corrected chi connectivity index (χ4v) is 2.71. The van der Waals surface area contributed by atoms with Crippen LogP contribution in [0, 0.1) is 11.8 Å². The van der Waals surface area contributed by atoms with Crippen LogP contribution in [0.3, 0.4) is 0 Å². The number of rotatable bonds is 2. The van der Waals surface area contributed by atoms with Crippen LogP contribution in [0.25, 0.3) is 0 Å². The van der Waals surface area contributed by atoms with Crippen LogP contribution in [0.1, 0.15) is 13.3 Å². The van der Waals surface area contributed by atoms with E-state index in [1.807, 2.05) is 11.8 Å². The molecule has 0 radical (unpaired) electrons. The van der Waals surface area contributed by atoms with E-state index in [9.17, 15) is 0 Å². The van der Waals surface area contributed by atoms with Crippen LogP contribution in [0.4, 0.5) is 0 Å². The number of aliphatic hydroxyl groups excluding tert-OH is 1. The summed E-state index contributed by atoms with van der Waals surface area (Å²) in [5, 5.41) is 10.1. The van der Waals surface area contributed by atoms with Gasteiger partial charge in [0.2, 0.25) is 0 Å². The lowest BCUT2D eigenvalue weighted by Crippen LogP contribution is -2.08. The normalized spacial score (nSPS) is 42.4. The van der Waals surface area contributed by atoms with E-state index in [1.165, 1.54) is 11.5 Å². The molecule has 0 amide bonds.